The van der Waals surface area contributed by atoms with Gasteiger partial charge in [0.25, 0.3) is 0 Å². The number of nitrogens with two attached hydrogens (primary N) is 2. The van der Waals surface area contributed by atoms with Crippen LogP contribution in [0.4, 0.5) is 0 Å². The number of carbonyl (C=O) groups is 1. The Morgan fingerprint density at radius 1 is 1.38 bits per heavy atom. The lowest BCUT2D eigenvalue weighted by atomic mass is 10.2. The highest BCUT2D eigenvalue weighted by molar-refractivity contribution is 5.92. The highest BCUT2D eigenvalue weighted by atomic mass is 16.1. The van der Waals surface area contributed by atoms with E-state index in [0.717, 1.165) is 0 Å². The number of hydrogen-bond acceptors (Lipinski definition) is 2. The van der Waals surface area contributed by atoms with Crippen LogP contribution in [0.2, 0.25) is 0 Å². The van der Waals surface area contributed by atoms with Gasteiger partial charge in [0.2, 0.25) is 5.91 Å². The largest absolute Gasteiger partial charge is 0.366 e. The Morgan fingerprint density at radius 3 is 2.08 bits per heavy atom. The minimum absolute atomic E-state index is 0.379. The summed E-state index contributed by atoms with van der Waals surface area (Å²) >= 11 is 0. The molecule has 1 amide bonds. The molecule has 0 saturated heterocycles. The summed E-state index contributed by atoms with van der Waals surface area (Å²) in [7, 11) is 0. The molecule has 1 rings (SSSR count). The summed E-state index contributed by atoms with van der Waals surface area (Å²) in [6, 6.07) is 8.76. The Hall–Kier alpha value is -1.61. The van der Waals surface area contributed by atoms with Crippen LogP contribution in [-0.4, -0.2) is 12.5 Å². The molecule has 1 aromatic carbocycles. The van der Waals surface area contributed by atoms with Gasteiger partial charge in [0, 0.05) is 12.1 Å². The van der Waals surface area contributed by atoms with Crippen LogP contribution in [0.25, 0.3) is 0 Å². The summed E-state index contributed by atoms with van der Waals surface area (Å²) in [5.74, 6) is -0.379. The topological polar surface area (TPSA) is 69.1 Å². The van der Waals surface area contributed by atoms with E-state index in [1.807, 2.05) is 6.07 Å². The average Bonchev–Trinajstić information content (AvgIpc) is 2.19. The third-order valence-corrected chi connectivity index (χ3v) is 1.22. The normalized spacial score (nSPS) is 8.08. The molecule has 0 aromatic heterocycles. The molecule has 0 aliphatic heterocycles. The van der Waals surface area contributed by atoms with Crippen molar-refractivity contribution in [2.75, 3.05) is 6.54 Å². The first-order chi connectivity index (χ1) is 6.22. The molecule has 0 spiro atoms. The second-order valence-electron chi connectivity index (χ2n) is 2.25. The Balaban J connectivity index is 0.000000310. The number of carbonyl (C=O) groups excluding carboxylic acids is 1. The molecular weight excluding hydrogens is 164 g/mol. The van der Waals surface area contributed by atoms with E-state index >= 15 is 0 Å². The van der Waals surface area contributed by atoms with Gasteiger partial charge in [-0.1, -0.05) is 24.3 Å². The van der Waals surface area contributed by atoms with Gasteiger partial charge in [-0.15, -0.1) is 6.58 Å². The zero-order chi connectivity index (χ0) is 10.1. The van der Waals surface area contributed by atoms with Crippen LogP contribution < -0.4 is 11.5 Å². The fourth-order valence-corrected chi connectivity index (χ4v) is 0.602. The van der Waals surface area contributed by atoms with Crippen molar-refractivity contribution in [2.45, 2.75) is 0 Å². The Bertz CT molecular complexity index is 257. The van der Waals surface area contributed by atoms with Crippen molar-refractivity contribution >= 4 is 5.91 Å². The van der Waals surface area contributed by atoms with E-state index in [2.05, 4.69) is 6.58 Å². The van der Waals surface area contributed by atoms with Crippen LogP contribution in [0.1, 0.15) is 10.4 Å². The van der Waals surface area contributed by atoms with E-state index in [-0.39, 0.29) is 5.91 Å². The second-order valence-corrected chi connectivity index (χ2v) is 2.25. The Kier molecular flexibility index (Phi) is 6.19. The summed E-state index contributed by atoms with van der Waals surface area (Å²) in [4.78, 5) is 10.4. The highest BCUT2D eigenvalue weighted by Gasteiger charge is 1.93. The molecule has 0 aliphatic rings. The number of benzene rings is 1. The maximum atomic E-state index is 10.4. The first kappa shape index (κ1) is 11.4. The van der Waals surface area contributed by atoms with E-state index in [1.165, 1.54) is 0 Å². The van der Waals surface area contributed by atoms with Crippen molar-refractivity contribution in [3.63, 3.8) is 0 Å². The second kappa shape index (κ2) is 7.06. The first-order valence-corrected chi connectivity index (χ1v) is 3.88. The van der Waals surface area contributed by atoms with Gasteiger partial charge >= 0.3 is 0 Å². The molecule has 4 N–H and O–H groups in total. The van der Waals surface area contributed by atoms with E-state index in [1.54, 1.807) is 30.3 Å². The average molecular weight is 178 g/mol. The number of primary amides is 1. The number of amides is 1. The molecule has 0 radical (unpaired) electrons. The molecule has 3 heteroatoms. The number of rotatable bonds is 2. The van der Waals surface area contributed by atoms with E-state index in [4.69, 9.17) is 11.5 Å². The van der Waals surface area contributed by atoms with Gasteiger partial charge in [0.05, 0.1) is 0 Å². The molecular formula is C10H14N2O. The zero-order valence-electron chi connectivity index (χ0n) is 7.44. The molecule has 13 heavy (non-hydrogen) atoms. The van der Waals surface area contributed by atoms with Crippen molar-refractivity contribution in [3.05, 3.63) is 48.6 Å². The summed E-state index contributed by atoms with van der Waals surface area (Å²) in [6.07, 6.45) is 1.65. The smallest absolute Gasteiger partial charge is 0.248 e. The van der Waals surface area contributed by atoms with Crippen LogP contribution >= 0.6 is 0 Å². The molecule has 70 valence electrons. The minimum atomic E-state index is -0.379. The summed E-state index contributed by atoms with van der Waals surface area (Å²) in [5.41, 5.74) is 10.4. The molecule has 0 fully saturated rings. The molecule has 0 unspecified atom stereocenters. The van der Waals surface area contributed by atoms with Crippen molar-refractivity contribution < 1.29 is 4.79 Å². The fraction of sp³-hybridized carbons (Fsp3) is 0.100. The van der Waals surface area contributed by atoms with Gasteiger partial charge in [-0.2, -0.15) is 0 Å². The van der Waals surface area contributed by atoms with Gasteiger partial charge in [0.15, 0.2) is 0 Å². The van der Waals surface area contributed by atoms with Crippen LogP contribution in [0.15, 0.2) is 43.0 Å². The van der Waals surface area contributed by atoms with Crippen LogP contribution in [-0.2, 0) is 0 Å². The highest BCUT2D eigenvalue weighted by Crippen LogP contribution is 1.94. The molecule has 1 aromatic rings. The third-order valence-electron chi connectivity index (χ3n) is 1.22. The quantitative estimate of drug-likeness (QED) is 0.661. The Morgan fingerprint density at radius 2 is 1.85 bits per heavy atom. The van der Waals surface area contributed by atoms with Crippen molar-refractivity contribution in [3.8, 4) is 0 Å². The third kappa shape index (κ3) is 5.64. The lowest BCUT2D eigenvalue weighted by Gasteiger charge is -1.89. The van der Waals surface area contributed by atoms with Gasteiger partial charge < -0.3 is 11.5 Å². The van der Waals surface area contributed by atoms with Gasteiger partial charge in [0.1, 0.15) is 0 Å². The summed E-state index contributed by atoms with van der Waals surface area (Å²) < 4.78 is 0. The minimum Gasteiger partial charge on any atom is -0.366 e. The fourth-order valence-electron chi connectivity index (χ4n) is 0.602. The molecule has 0 saturated carbocycles. The Labute approximate surface area is 78.0 Å². The van der Waals surface area contributed by atoms with Crippen molar-refractivity contribution in [1.29, 1.82) is 0 Å². The van der Waals surface area contributed by atoms with Gasteiger partial charge in [-0.3, -0.25) is 4.79 Å². The van der Waals surface area contributed by atoms with E-state index in [9.17, 15) is 4.79 Å². The van der Waals surface area contributed by atoms with Crippen molar-refractivity contribution in [2.24, 2.45) is 11.5 Å². The van der Waals surface area contributed by atoms with Gasteiger partial charge in [-0.25, -0.2) is 0 Å². The zero-order valence-corrected chi connectivity index (χ0v) is 7.44. The van der Waals surface area contributed by atoms with E-state index in [0.29, 0.717) is 12.1 Å². The lowest BCUT2D eigenvalue weighted by molar-refractivity contribution is 0.100. The molecule has 3 nitrogen and oxygen atoms in total. The summed E-state index contributed by atoms with van der Waals surface area (Å²) in [5, 5.41) is 0. The van der Waals surface area contributed by atoms with Crippen molar-refractivity contribution in [1.82, 2.24) is 0 Å². The summed E-state index contributed by atoms with van der Waals surface area (Å²) in [6.45, 7) is 3.94. The van der Waals surface area contributed by atoms with Gasteiger partial charge in [-0.05, 0) is 12.1 Å². The predicted octanol–water partition coefficient (Wildman–Crippen LogP) is 0.917. The molecule has 0 heterocycles. The maximum absolute atomic E-state index is 10.4. The van der Waals surface area contributed by atoms with Crippen LogP contribution in [0.5, 0.6) is 0 Å². The monoisotopic (exact) mass is 178 g/mol. The van der Waals surface area contributed by atoms with E-state index < -0.39 is 0 Å². The maximum Gasteiger partial charge on any atom is 0.248 e. The van der Waals surface area contributed by atoms with Crippen LogP contribution in [0.3, 0.4) is 0 Å². The molecule has 0 aliphatic carbocycles. The standard InChI is InChI=1S/C7H7NO.C3H7N/c8-7(9)6-4-2-1-3-5-6;1-2-3-4/h1-5H,(H2,8,9);2H,1,3-4H2. The van der Waals surface area contributed by atoms with Crippen LogP contribution in [0, 0.1) is 0 Å². The first-order valence-electron chi connectivity index (χ1n) is 3.88. The number of hydrogen-bond donors (Lipinski definition) is 2. The molecule has 0 atom stereocenters. The SMILES string of the molecule is C=CCN.NC(=O)c1ccccc1. The lowest BCUT2D eigenvalue weighted by Crippen LogP contribution is -2.09. The molecule has 0 bridgehead atoms. The predicted molar refractivity (Wildman–Crippen MR) is 54.2 cm³/mol.